The first-order valence-corrected chi connectivity index (χ1v) is 11.6. The van der Waals surface area contributed by atoms with Crippen LogP contribution in [0, 0.1) is 0 Å². The molecule has 4 rings (SSSR count). The number of aliphatic hydroxyl groups excluding tert-OH is 1. The molecule has 186 valence electrons. The second kappa shape index (κ2) is 11.6. The molecule has 0 saturated carbocycles. The maximum absolute atomic E-state index is 13.3. The van der Waals surface area contributed by atoms with Crippen molar-refractivity contribution >= 4 is 65.8 Å². The molecule has 12 heteroatoms. The number of aromatic nitrogens is 1. The number of nitrogens with one attached hydrogen (secondary N) is 2. The Balaban J connectivity index is 0.000000429. The van der Waals surface area contributed by atoms with E-state index >= 15 is 0 Å². The number of carbonyl (C=O) groups is 1. The summed E-state index contributed by atoms with van der Waals surface area (Å²) in [7, 11) is 0. The van der Waals surface area contributed by atoms with Gasteiger partial charge in [-0.05, 0) is 37.2 Å². The molecule has 0 aliphatic rings. The first-order valence-electron chi connectivity index (χ1n) is 10.4. The third-order valence-electron chi connectivity index (χ3n) is 4.83. The van der Waals surface area contributed by atoms with Crippen molar-refractivity contribution in [2.24, 2.45) is 0 Å². The lowest BCUT2D eigenvalue weighted by Gasteiger charge is -2.12. The van der Waals surface area contributed by atoms with E-state index in [-0.39, 0.29) is 12.0 Å². The molecule has 0 aliphatic carbocycles. The Bertz CT molecular complexity index is 1410. The molecule has 7 nitrogen and oxygen atoms in total. The van der Waals surface area contributed by atoms with Crippen molar-refractivity contribution in [1.29, 1.82) is 0 Å². The van der Waals surface area contributed by atoms with Crippen molar-refractivity contribution in [2.45, 2.75) is 12.6 Å². The number of alkyl halides is 3. The first kappa shape index (κ1) is 26.6. The average molecular weight is 528 g/mol. The molecule has 4 N–H and O–H groups in total. The number of hydrogen-bond acceptors (Lipinski definition) is 7. The number of hydrogen-bond donors (Lipinski definition) is 4. The minimum Gasteiger partial charge on any atom is -0.475 e. The van der Waals surface area contributed by atoms with Crippen molar-refractivity contribution in [3.8, 4) is 0 Å². The fourth-order valence-corrected chi connectivity index (χ4v) is 4.59. The lowest BCUT2D eigenvalue weighted by Crippen LogP contribution is -2.21. The van der Waals surface area contributed by atoms with Gasteiger partial charge in [0.2, 0.25) is 0 Å². The van der Waals surface area contributed by atoms with Gasteiger partial charge in [0.15, 0.2) is 5.43 Å². The van der Waals surface area contributed by atoms with Crippen LogP contribution in [-0.2, 0) is 4.79 Å². The third-order valence-corrected chi connectivity index (χ3v) is 6.24. The fourth-order valence-electron chi connectivity index (χ4n) is 3.28. The molecule has 2 aromatic heterocycles. The zero-order chi connectivity index (χ0) is 25.6. The Morgan fingerprint density at radius 1 is 1.09 bits per heavy atom. The van der Waals surface area contributed by atoms with Crippen molar-refractivity contribution in [3.63, 3.8) is 0 Å². The summed E-state index contributed by atoms with van der Waals surface area (Å²) in [5.74, 6) is -2.03. The zero-order valence-electron chi connectivity index (χ0n) is 18.2. The maximum Gasteiger partial charge on any atom is 0.490 e. The van der Waals surface area contributed by atoms with E-state index < -0.39 is 12.1 Å². The predicted molar refractivity (Wildman–Crippen MR) is 133 cm³/mol. The number of aliphatic hydroxyl groups is 1. The standard InChI is InChI=1S/C21H20ClN3O2S.C2HF3O2/c22-13-6-7-17-15(12-13)19(27)18-14-4-1-2-5-16(14)25-21(20(18)28-17)24-9-3-8-23-10-11-26;3-2(4,5)1(6)7/h1-2,4-7,12,23,26H,3,8-11H2,(H,24,25);(H,6,7). The van der Waals surface area contributed by atoms with Crippen molar-refractivity contribution in [2.75, 3.05) is 31.6 Å². The molecule has 2 aromatic carbocycles. The van der Waals surface area contributed by atoms with E-state index in [1.807, 2.05) is 30.3 Å². The van der Waals surface area contributed by atoms with Crippen LogP contribution < -0.4 is 16.1 Å². The van der Waals surface area contributed by atoms with Gasteiger partial charge in [0.25, 0.3) is 0 Å². The van der Waals surface area contributed by atoms with E-state index in [1.165, 1.54) is 0 Å². The van der Waals surface area contributed by atoms with Crippen LogP contribution in [0.3, 0.4) is 0 Å². The van der Waals surface area contributed by atoms with E-state index in [9.17, 15) is 18.0 Å². The molecule has 0 saturated heterocycles. The van der Waals surface area contributed by atoms with Gasteiger partial charge >= 0.3 is 12.1 Å². The lowest BCUT2D eigenvalue weighted by molar-refractivity contribution is -0.192. The van der Waals surface area contributed by atoms with Gasteiger partial charge in [-0.25, -0.2) is 9.78 Å². The lowest BCUT2D eigenvalue weighted by atomic mass is 10.1. The second-order valence-corrected chi connectivity index (χ2v) is 8.80. The highest BCUT2D eigenvalue weighted by atomic mass is 35.5. The van der Waals surface area contributed by atoms with Gasteiger partial charge < -0.3 is 20.8 Å². The van der Waals surface area contributed by atoms with Crippen LogP contribution in [0.25, 0.3) is 31.1 Å². The molecule has 0 bridgehead atoms. The number of pyridine rings is 1. The largest absolute Gasteiger partial charge is 0.490 e. The molecule has 0 amide bonds. The number of rotatable bonds is 7. The summed E-state index contributed by atoms with van der Waals surface area (Å²) in [6.07, 6.45) is -4.20. The van der Waals surface area contributed by atoms with E-state index in [1.54, 1.807) is 23.5 Å². The summed E-state index contributed by atoms with van der Waals surface area (Å²) in [6.45, 7) is 2.25. The molecule has 2 heterocycles. The minimum absolute atomic E-state index is 0.0162. The van der Waals surface area contributed by atoms with Gasteiger partial charge in [-0.1, -0.05) is 29.8 Å². The summed E-state index contributed by atoms with van der Waals surface area (Å²) in [5.41, 5.74) is 0.777. The normalized spacial score (nSPS) is 11.5. The Morgan fingerprint density at radius 2 is 1.80 bits per heavy atom. The Hall–Kier alpha value is -2.99. The molecule has 0 unspecified atom stereocenters. The monoisotopic (exact) mass is 527 g/mol. The van der Waals surface area contributed by atoms with E-state index in [2.05, 4.69) is 10.6 Å². The molecule has 0 aliphatic heterocycles. The van der Waals surface area contributed by atoms with Gasteiger partial charge in [0, 0.05) is 33.6 Å². The highest BCUT2D eigenvalue weighted by Crippen LogP contribution is 2.34. The number of para-hydroxylation sites is 1. The smallest absolute Gasteiger partial charge is 0.475 e. The number of nitrogens with zero attached hydrogens (tertiary/aromatic N) is 1. The van der Waals surface area contributed by atoms with Gasteiger partial charge in [-0.15, -0.1) is 11.3 Å². The quantitative estimate of drug-likeness (QED) is 0.157. The SMILES string of the molecule is O=C(O)C(F)(F)F.O=c1c2cc(Cl)ccc2sc2c(NCCCNCCO)nc3ccccc3c12. The van der Waals surface area contributed by atoms with Crippen LogP contribution in [0.15, 0.2) is 47.3 Å². The van der Waals surface area contributed by atoms with Crippen LogP contribution in [0.1, 0.15) is 6.42 Å². The first-order chi connectivity index (χ1) is 16.6. The Kier molecular flexibility index (Phi) is 8.84. The summed E-state index contributed by atoms with van der Waals surface area (Å²) in [4.78, 5) is 27.0. The summed E-state index contributed by atoms with van der Waals surface area (Å²) >= 11 is 7.69. The van der Waals surface area contributed by atoms with Gasteiger partial charge in [-0.2, -0.15) is 13.2 Å². The molecule has 0 fully saturated rings. The summed E-state index contributed by atoms with van der Waals surface area (Å²) < 4.78 is 33.5. The van der Waals surface area contributed by atoms with Crippen LogP contribution in [0.4, 0.5) is 19.0 Å². The van der Waals surface area contributed by atoms with Crippen molar-refractivity contribution in [1.82, 2.24) is 10.3 Å². The van der Waals surface area contributed by atoms with Crippen LogP contribution in [0.5, 0.6) is 0 Å². The van der Waals surface area contributed by atoms with Crippen LogP contribution >= 0.6 is 22.9 Å². The number of benzene rings is 2. The number of aliphatic carboxylic acids is 1. The topological polar surface area (TPSA) is 112 Å². The van der Waals surface area contributed by atoms with Crippen LogP contribution in [0.2, 0.25) is 5.02 Å². The molecule has 0 spiro atoms. The summed E-state index contributed by atoms with van der Waals surface area (Å²) in [5, 5.41) is 25.2. The third kappa shape index (κ3) is 6.57. The van der Waals surface area contributed by atoms with Gasteiger partial charge in [0.1, 0.15) is 5.82 Å². The van der Waals surface area contributed by atoms with Crippen molar-refractivity contribution in [3.05, 3.63) is 57.7 Å². The minimum atomic E-state index is -5.08. The average Bonchev–Trinajstić information content (AvgIpc) is 2.81. The van der Waals surface area contributed by atoms with Gasteiger partial charge in [0.05, 0.1) is 22.2 Å². The number of carboxylic acid groups (broad SMARTS) is 1. The van der Waals surface area contributed by atoms with Crippen molar-refractivity contribution < 1.29 is 28.2 Å². The molecule has 0 radical (unpaired) electrons. The van der Waals surface area contributed by atoms with E-state index in [4.69, 9.17) is 31.6 Å². The molecule has 35 heavy (non-hydrogen) atoms. The number of anilines is 1. The van der Waals surface area contributed by atoms with Gasteiger partial charge in [-0.3, -0.25) is 4.79 Å². The highest BCUT2D eigenvalue weighted by molar-refractivity contribution is 7.25. The highest BCUT2D eigenvalue weighted by Gasteiger charge is 2.38. The Labute approximate surface area is 206 Å². The Morgan fingerprint density at radius 3 is 2.49 bits per heavy atom. The second-order valence-electron chi connectivity index (χ2n) is 7.31. The summed E-state index contributed by atoms with van der Waals surface area (Å²) in [6, 6.07) is 13.2. The molecular weight excluding hydrogens is 507 g/mol. The molecule has 4 aromatic rings. The number of fused-ring (bicyclic) bond motifs is 4. The molecular formula is C23H21ClF3N3O4S. The number of halogens is 4. The van der Waals surface area contributed by atoms with E-state index in [0.29, 0.717) is 22.3 Å². The molecule has 0 atom stereocenters. The zero-order valence-corrected chi connectivity index (χ0v) is 19.7. The number of carboxylic acids is 1. The van der Waals surface area contributed by atoms with E-state index in [0.717, 1.165) is 45.6 Å². The van der Waals surface area contributed by atoms with Crippen LogP contribution in [-0.4, -0.2) is 53.6 Å². The maximum atomic E-state index is 13.3. The fraction of sp³-hybridized carbons (Fsp3) is 0.261. The predicted octanol–water partition coefficient (Wildman–Crippen LogP) is 4.63.